The number of nitrogens with zero attached hydrogens (tertiary/aromatic N) is 4. The molecule has 0 saturated carbocycles. The lowest BCUT2D eigenvalue weighted by Crippen LogP contribution is -2.32. The summed E-state index contributed by atoms with van der Waals surface area (Å²) in [6.45, 7) is 0.433. The van der Waals surface area contributed by atoms with Crippen LogP contribution in [0.1, 0.15) is 22.1 Å². The summed E-state index contributed by atoms with van der Waals surface area (Å²) in [5.41, 5.74) is 3.06. The van der Waals surface area contributed by atoms with Crippen molar-refractivity contribution in [1.82, 2.24) is 30.5 Å². The van der Waals surface area contributed by atoms with Crippen LogP contribution in [0, 0.1) is 0 Å². The highest BCUT2D eigenvalue weighted by Gasteiger charge is 2.19. The van der Waals surface area contributed by atoms with Crippen molar-refractivity contribution in [3.05, 3.63) is 90.4 Å². The third-order valence-electron chi connectivity index (χ3n) is 4.21. The molecule has 2 aromatic heterocycles. The van der Waals surface area contributed by atoms with E-state index in [1.807, 2.05) is 60.7 Å². The Labute approximate surface area is 156 Å². The predicted octanol–water partition coefficient (Wildman–Crippen LogP) is 2.84. The largest absolute Gasteiger partial charge is 0.342 e. The molecule has 2 aromatic carbocycles. The first kappa shape index (κ1) is 16.7. The van der Waals surface area contributed by atoms with Crippen molar-refractivity contribution in [2.24, 2.45) is 0 Å². The molecule has 0 unspecified atom stereocenters. The van der Waals surface area contributed by atoms with Gasteiger partial charge in [-0.15, -0.1) is 0 Å². The van der Waals surface area contributed by atoms with Gasteiger partial charge in [0.1, 0.15) is 5.69 Å². The number of hydrogen-bond acceptors (Lipinski definition) is 4. The molecule has 0 radical (unpaired) electrons. The standard InChI is InChI=1S/C20H18N6O/c27-20(18-13-17(24-25-18)15-7-3-1-4-8-15)23-19(14-26-21-11-12-22-26)16-9-5-2-6-10-16/h1-13,19H,14H2,(H,23,27)(H,24,25)/t19-/m1/s1. The van der Waals surface area contributed by atoms with Crippen LogP contribution < -0.4 is 5.32 Å². The number of aromatic amines is 1. The van der Waals surface area contributed by atoms with Crippen LogP contribution in [0.3, 0.4) is 0 Å². The Morgan fingerprint density at radius 2 is 1.67 bits per heavy atom. The van der Waals surface area contributed by atoms with Gasteiger partial charge in [-0.25, -0.2) is 0 Å². The predicted molar refractivity (Wildman–Crippen MR) is 101 cm³/mol. The smallest absolute Gasteiger partial charge is 0.269 e. The Morgan fingerprint density at radius 1 is 1.00 bits per heavy atom. The monoisotopic (exact) mass is 358 g/mol. The van der Waals surface area contributed by atoms with Gasteiger partial charge in [0.05, 0.1) is 30.7 Å². The van der Waals surface area contributed by atoms with Gasteiger partial charge in [0.15, 0.2) is 0 Å². The number of amides is 1. The van der Waals surface area contributed by atoms with E-state index >= 15 is 0 Å². The Morgan fingerprint density at radius 3 is 2.37 bits per heavy atom. The molecule has 0 bridgehead atoms. The van der Waals surface area contributed by atoms with Crippen molar-refractivity contribution in [2.45, 2.75) is 12.6 Å². The maximum Gasteiger partial charge on any atom is 0.269 e. The number of rotatable bonds is 6. The average Bonchev–Trinajstić information content (AvgIpc) is 3.41. The summed E-state index contributed by atoms with van der Waals surface area (Å²) in [4.78, 5) is 14.3. The second-order valence-corrected chi connectivity index (χ2v) is 6.05. The lowest BCUT2D eigenvalue weighted by molar-refractivity contribution is 0.0925. The molecule has 4 aromatic rings. The first-order chi connectivity index (χ1) is 13.3. The molecule has 0 aliphatic rings. The number of hydrogen-bond donors (Lipinski definition) is 2. The molecule has 7 heteroatoms. The van der Waals surface area contributed by atoms with E-state index in [1.165, 1.54) is 0 Å². The summed E-state index contributed by atoms with van der Waals surface area (Å²) in [6.07, 6.45) is 3.23. The third kappa shape index (κ3) is 3.92. The van der Waals surface area contributed by atoms with Crippen LogP contribution in [-0.2, 0) is 6.54 Å². The fraction of sp³-hybridized carbons (Fsp3) is 0.100. The van der Waals surface area contributed by atoms with Crippen LogP contribution in [0.5, 0.6) is 0 Å². The molecule has 0 fully saturated rings. The van der Waals surface area contributed by atoms with Crippen LogP contribution >= 0.6 is 0 Å². The van der Waals surface area contributed by atoms with Crippen molar-refractivity contribution in [2.75, 3.05) is 0 Å². The fourth-order valence-electron chi connectivity index (χ4n) is 2.85. The van der Waals surface area contributed by atoms with E-state index in [0.717, 1.165) is 16.8 Å². The van der Waals surface area contributed by atoms with E-state index in [9.17, 15) is 4.79 Å². The van der Waals surface area contributed by atoms with E-state index in [0.29, 0.717) is 12.2 Å². The summed E-state index contributed by atoms with van der Waals surface area (Å²) >= 11 is 0. The van der Waals surface area contributed by atoms with Gasteiger partial charge in [-0.2, -0.15) is 20.1 Å². The molecule has 4 rings (SSSR count). The molecule has 1 amide bonds. The van der Waals surface area contributed by atoms with Gasteiger partial charge < -0.3 is 5.32 Å². The third-order valence-corrected chi connectivity index (χ3v) is 4.21. The Balaban J connectivity index is 1.54. The molecule has 0 aliphatic heterocycles. The van der Waals surface area contributed by atoms with Crippen molar-refractivity contribution in [3.8, 4) is 11.3 Å². The first-order valence-electron chi connectivity index (χ1n) is 8.60. The SMILES string of the molecule is O=C(N[C@H](Cn1nccn1)c1ccccc1)c1cc(-c2ccccc2)n[nH]1. The zero-order valence-electron chi connectivity index (χ0n) is 14.5. The second-order valence-electron chi connectivity index (χ2n) is 6.05. The molecule has 2 heterocycles. The number of nitrogens with one attached hydrogen (secondary N) is 2. The Bertz CT molecular complexity index is 995. The number of benzene rings is 2. The van der Waals surface area contributed by atoms with Crippen LogP contribution in [-0.4, -0.2) is 31.1 Å². The van der Waals surface area contributed by atoms with Crippen LogP contribution in [0.4, 0.5) is 0 Å². The molecular formula is C20H18N6O. The van der Waals surface area contributed by atoms with Crippen LogP contribution in [0.15, 0.2) is 79.1 Å². The zero-order valence-corrected chi connectivity index (χ0v) is 14.5. The topological polar surface area (TPSA) is 88.5 Å². The summed E-state index contributed by atoms with van der Waals surface area (Å²) < 4.78 is 0. The number of carbonyl (C=O) groups is 1. The van der Waals surface area contributed by atoms with Gasteiger partial charge in [0.2, 0.25) is 0 Å². The molecule has 2 N–H and O–H groups in total. The van der Waals surface area contributed by atoms with Crippen LogP contribution in [0.2, 0.25) is 0 Å². The highest BCUT2D eigenvalue weighted by Crippen LogP contribution is 2.18. The maximum absolute atomic E-state index is 12.8. The summed E-state index contributed by atoms with van der Waals surface area (Å²) in [5, 5.41) is 18.4. The van der Waals surface area contributed by atoms with Crippen molar-refractivity contribution in [3.63, 3.8) is 0 Å². The number of aromatic nitrogens is 5. The van der Waals surface area contributed by atoms with Gasteiger partial charge in [0.25, 0.3) is 5.91 Å². The van der Waals surface area contributed by atoms with E-state index in [1.54, 1.807) is 23.3 Å². The molecule has 1 atom stereocenters. The Kier molecular flexibility index (Phi) is 4.74. The average molecular weight is 358 g/mol. The molecular weight excluding hydrogens is 340 g/mol. The number of carbonyl (C=O) groups excluding carboxylic acids is 1. The lowest BCUT2D eigenvalue weighted by Gasteiger charge is -2.18. The van der Waals surface area contributed by atoms with Gasteiger partial charge >= 0.3 is 0 Å². The summed E-state index contributed by atoms with van der Waals surface area (Å²) in [6, 6.07) is 21.0. The number of H-pyrrole nitrogens is 1. The molecule has 0 saturated heterocycles. The maximum atomic E-state index is 12.8. The zero-order chi connectivity index (χ0) is 18.5. The van der Waals surface area contributed by atoms with E-state index in [4.69, 9.17) is 0 Å². The normalized spacial score (nSPS) is 11.9. The van der Waals surface area contributed by atoms with Gasteiger partial charge in [0, 0.05) is 5.56 Å². The summed E-state index contributed by atoms with van der Waals surface area (Å²) in [5.74, 6) is -0.231. The highest BCUT2D eigenvalue weighted by atomic mass is 16.2. The highest BCUT2D eigenvalue weighted by molar-refractivity contribution is 5.93. The molecule has 0 aliphatic carbocycles. The minimum atomic E-state index is -0.269. The van der Waals surface area contributed by atoms with Crippen molar-refractivity contribution < 1.29 is 4.79 Å². The Hall–Kier alpha value is -3.74. The molecule has 134 valence electrons. The molecule has 27 heavy (non-hydrogen) atoms. The van der Waals surface area contributed by atoms with Crippen molar-refractivity contribution >= 4 is 5.91 Å². The van der Waals surface area contributed by atoms with Crippen molar-refractivity contribution in [1.29, 1.82) is 0 Å². The molecule has 7 nitrogen and oxygen atoms in total. The minimum absolute atomic E-state index is 0.231. The molecule has 0 spiro atoms. The van der Waals surface area contributed by atoms with Gasteiger partial charge in [-0.05, 0) is 11.6 Å². The summed E-state index contributed by atoms with van der Waals surface area (Å²) in [7, 11) is 0. The quantitative estimate of drug-likeness (QED) is 0.555. The van der Waals surface area contributed by atoms with Crippen LogP contribution in [0.25, 0.3) is 11.3 Å². The van der Waals surface area contributed by atoms with E-state index < -0.39 is 0 Å². The van der Waals surface area contributed by atoms with Gasteiger partial charge in [-0.3, -0.25) is 9.89 Å². The lowest BCUT2D eigenvalue weighted by atomic mass is 10.1. The fourth-order valence-corrected chi connectivity index (χ4v) is 2.85. The van der Waals surface area contributed by atoms with E-state index in [-0.39, 0.29) is 11.9 Å². The second kappa shape index (κ2) is 7.65. The van der Waals surface area contributed by atoms with E-state index in [2.05, 4.69) is 25.7 Å². The first-order valence-corrected chi connectivity index (χ1v) is 8.60. The van der Waals surface area contributed by atoms with Gasteiger partial charge in [-0.1, -0.05) is 60.7 Å². The minimum Gasteiger partial charge on any atom is -0.342 e.